The first-order valence-corrected chi connectivity index (χ1v) is 9.27. The van der Waals surface area contributed by atoms with E-state index in [9.17, 15) is 0 Å². The maximum absolute atomic E-state index is 2.37. The summed E-state index contributed by atoms with van der Waals surface area (Å²) in [5.41, 5.74) is 2.94. The van der Waals surface area contributed by atoms with Gasteiger partial charge in [0.2, 0.25) is 0 Å². The first-order chi connectivity index (χ1) is 9.27. The molecule has 1 aromatic rings. The first kappa shape index (κ1) is 12.9. The summed E-state index contributed by atoms with van der Waals surface area (Å²) in [5, 5.41) is 0. The van der Waals surface area contributed by atoms with Gasteiger partial charge >= 0.3 is 122 Å². The SMILES string of the molecule is Cc1ccc[c]([Ti]([C]2=CC=CC2)[C]2=CC=CC2)c1C. The number of hydrogen-bond acceptors (Lipinski definition) is 0. The van der Waals surface area contributed by atoms with Crippen molar-refractivity contribution in [3.8, 4) is 0 Å². The number of aryl methyl sites for hydroxylation is 1. The Morgan fingerprint density at radius 3 is 2.05 bits per heavy atom. The van der Waals surface area contributed by atoms with Gasteiger partial charge in [0, 0.05) is 0 Å². The summed E-state index contributed by atoms with van der Waals surface area (Å²) in [4.78, 5) is 0. The van der Waals surface area contributed by atoms with Crippen molar-refractivity contribution in [3.63, 3.8) is 0 Å². The third-order valence-electron chi connectivity index (χ3n) is 4.06. The molecule has 0 N–H and O–H groups in total. The van der Waals surface area contributed by atoms with Crippen LogP contribution >= 0.6 is 0 Å². The average Bonchev–Trinajstić information content (AvgIpc) is 3.08. The van der Waals surface area contributed by atoms with Crippen LogP contribution in [0.2, 0.25) is 0 Å². The van der Waals surface area contributed by atoms with Gasteiger partial charge in [-0.3, -0.25) is 0 Å². The molecule has 0 spiro atoms. The molecule has 0 aliphatic heterocycles. The molecule has 19 heavy (non-hydrogen) atoms. The van der Waals surface area contributed by atoms with Gasteiger partial charge in [-0.25, -0.2) is 0 Å². The van der Waals surface area contributed by atoms with Gasteiger partial charge in [-0.1, -0.05) is 0 Å². The molecule has 2 aliphatic carbocycles. The molecule has 0 amide bonds. The zero-order valence-corrected chi connectivity index (χ0v) is 13.2. The number of benzene rings is 1. The van der Waals surface area contributed by atoms with Gasteiger partial charge in [0.1, 0.15) is 0 Å². The molecule has 0 fully saturated rings. The molecule has 0 saturated carbocycles. The molecule has 2 aliphatic rings. The Morgan fingerprint density at radius 2 is 1.53 bits per heavy atom. The summed E-state index contributed by atoms with van der Waals surface area (Å²) in [5.74, 6) is 0. The zero-order chi connectivity index (χ0) is 13.2. The fourth-order valence-electron chi connectivity index (χ4n) is 2.84. The van der Waals surface area contributed by atoms with Crippen molar-refractivity contribution in [2.75, 3.05) is 0 Å². The molecule has 0 bridgehead atoms. The monoisotopic (exact) mass is 283 g/mol. The number of rotatable bonds is 3. The van der Waals surface area contributed by atoms with Crippen LogP contribution in [0.1, 0.15) is 24.0 Å². The van der Waals surface area contributed by atoms with Crippen molar-refractivity contribution in [3.05, 3.63) is 73.5 Å². The van der Waals surface area contributed by atoms with Crippen LogP contribution in [-0.4, -0.2) is 0 Å². The molecule has 1 aromatic carbocycles. The molecule has 0 atom stereocenters. The Labute approximate surface area is 122 Å². The van der Waals surface area contributed by atoms with Crippen molar-refractivity contribution in [2.24, 2.45) is 0 Å². The number of allylic oxidation sites excluding steroid dienone is 8. The Bertz CT molecular complexity index is 585. The third-order valence-corrected chi connectivity index (χ3v) is 8.91. The minimum absolute atomic E-state index is 1.17. The van der Waals surface area contributed by atoms with E-state index in [1.54, 1.807) is 11.6 Å². The van der Waals surface area contributed by atoms with E-state index in [0.717, 1.165) is 0 Å². The van der Waals surface area contributed by atoms with E-state index in [-0.39, 0.29) is 0 Å². The molecule has 1 heteroatoms. The second-order valence-electron chi connectivity index (χ2n) is 5.27. The second kappa shape index (κ2) is 5.49. The van der Waals surface area contributed by atoms with Crippen LogP contribution in [0.5, 0.6) is 0 Å². The second-order valence-corrected chi connectivity index (χ2v) is 9.29. The van der Waals surface area contributed by atoms with Crippen molar-refractivity contribution in [2.45, 2.75) is 26.7 Å². The van der Waals surface area contributed by atoms with Crippen LogP contribution in [-0.2, 0) is 17.9 Å². The van der Waals surface area contributed by atoms with E-state index in [1.807, 2.05) is 0 Å². The molecule has 0 nitrogen and oxygen atoms in total. The molecule has 0 unspecified atom stereocenters. The van der Waals surface area contributed by atoms with Crippen molar-refractivity contribution < 1.29 is 17.9 Å². The van der Waals surface area contributed by atoms with Crippen molar-refractivity contribution in [1.29, 1.82) is 0 Å². The van der Waals surface area contributed by atoms with E-state index >= 15 is 0 Å². The molecule has 0 aromatic heterocycles. The quantitative estimate of drug-likeness (QED) is 0.728. The van der Waals surface area contributed by atoms with Crippen molar-refractivity contribution in [1.82, 2.24) is 0 Å². The maximum atomic E-state index is 2.37. The van der Waals surface area contributed by atoms with Gasteiger partial charge in [-0.15, -0.1) is 0 Å². The van der Waals surface area contributed by atoms with Crippen LogP contribution in [0.4, 0.5) is 0 Å². The molecule has 95 valence electrons. The predicted molar refractivity (Wildman–Crippen MR) is 79.2 cm³/mol. The van der Waals surface area contributed by atoms with Gasteiger partial charge in [0.05, 0.1) is 0 Å². The fraction of sp³-hybridized carbons (Fsp3) is 0.222. The Morgan fingerprint density at radius 1 is 0.895 bits per heavy atom. The summed E-state index contributed by atoms with van der Waals surface area (Å²) in [7, 11) is 0. The molecular weight excluding hydrogens is 264 g/mol. The van der Waals surface area contributed by atoms with Crippen LogP contribution in [0, 0.1) is 13.8 Å². The Kier molecular flexibility index (Phi) is 3.73. The topological polar surface area (TPSA) is 0 Å². The standard InChI is InChI=1S/C8H9.2C5H5.Ti/c1-7-5-3-4-6-8(7)2;2*1-2-4-5-3-1;/h3-5H,1-2H3;2*1-3H,4H2;. The molecular formula is C18H19Ti. The first-order valence-electron chi connectivity index (χ1n) is 6.93. The van der Waals surface area contributed by atoms with Crippen molar-refractivity contribution >= 4 is 3.87 Å². The van der Waals surface area contributed by atoms with Gasteiger partial charge in [-0.2, -0.15) is 0 Å². The fourth-order valence-corrected chi connectivity index (χ4v) is 7.69. The van der Waals surface area contributed by atoms with Crippen LogP contribution < -0.4 is 3.87 Å². The summed E-state index contributed by atoms with van der Waals surface area (Å²) < 4.78 is 5.04. The van der Waals surface area contributed by atoms with Gasteiger partial charge < -0.3 is 0 Å². The van der Waals surface area contributed by atoms with E-state index in [4.69, 9.17) is 0 Å². The summed E-state index contributed by atoms with van der Waals surface area (Å²) in [6.45, 7) is 4.53. The number of hydrogen-bond donors (Lipinski definition) is 0. The van der Waals surface area contributed by atoms with E-state index in [1.165, 1.54) is 24.0 Å². The summed E-state index contributed by atoms with van der Waals surface area (Å²) >= 11 is -1.49. The van der Waals surface area contributed by atoms with Crippen LogP contribution in [0.3, 0.4) is 0 Å². The zero-order valence-electron chi connectivity index (χ0n) is 11.6. The van der Waals surface area contributed by atoms with E-state index < -0.39 is 17.9 Å². The minimum atomic E-state index is -1.49. The van der Waals surface area contributed by atoms with Gasteiger partial charge in [0.25, 0.3) is 0 Å². The molecule has 0 saturated heterocycles. The third kappa shape index (κ3) is 2.48. The Hall–Kier alpha value is -1.11. The van der Waals surface area contributed by atoms with Gasteiger partial charge in [0.15, 0.2) is 0 Å². The Balaban J connectivity index is 2.06. The van der Waals surface area contributed by atoms with Crippen LogP contribution in [0.15, 0.2) is 62.4 Å². The normalized spacial score (nSPS) is 16.7. The molecule has 0 heterocycles. The average molecular weight is 283 g/mol. The van der Waals surface area contributed by atoms with Gasteiger partial charge in [-0.05, 0) is 0 Å². The van der Waals surface area contributed by atoms with E-state index in [0.29, 0.717) is 0 Å². The molecule has 3 rings (SSSR count). The molecule has 0 radical (unpaired) electrons. The summed E-state index contributed by atoms with van der Waals surface area (Å²) in [6.07, 6.45) is 16.1. The van der Waals surface area contributed by atoms with E-state index in [2.05, 4.69) is 68.5 Å². The predicted octanol–water partition coefficient (Wildman–Crippen LogP) is 4.23. The summed E-state index contributed by atoms with van der Waals surface area (Å²) in [6, 6.07) is 6.84. The van der Waals surface area contributed by atoms with Crippen LogP contribution in [0.25, 0.3) is 0 Å².